The molecule has 0 atom stereocenters. The molecule has 1 aromatic carbocycles. The van der Waals surface area contributed by atoms with Gasteiger partial charge in [-0.3, -0.25) is 4.79 Å². The van der Waals surface area contributed by atoms with Crippen LogP contribution in [0.1, 0.15) is 6.42 Å². The van der Waals surface area contributed by atoms with Crippen LogP contribution in [0.15, 0.2) is 29.2 Å². The zero-order valence-electron chi connectivity index (χ0n) is 8.03. The van der Waals surface area contributed by atoms with Gasteiger partial charge in [0.1, 0.15) is 5.75 Å². The molecular formula is C10H13NO2S. The molecular weight excluding hydrogens is 198 g/mol. The van der Waals surface area contributed by atoms with E-state index in [2.05, 4.69) is 0 Å². The van der Waals surface area contributed by atoms with Crippen molar-refractivity contribution < 1.29 is 9.53 Å². The van der Waals surface area contributed by atoms with Crippen LogP contribution in [-0.2, 0) is 4.79 Å². The lowest BCUT2D eigenvalue weighted by Crippen LogP contribution is -2.10. The maximum absolute atomic E-state index is 10.5. The minimum atomic E-state index is -0.271. The van der Waals surface area contributed by atoms with E-state index in [4.69, 9.17) is 10.5 Å². The van der Waals surface area contributed by atoms with Crippen molar-refractivity contribution in [1.29, 1.82) is 0 Å². The maximum Gasteiger partial charge on any atom is 0.218 e. The second kappa shape index (κ2) is 5.54. The van der Waals surface area contributed by atoms with Crippen LogP contribution in [0.3, 0.4) is 0 Å². The molecule has 0 saturated heterocycles. The van der Waals surface area contributed by atoms with E-state index in [0.717, 1.165) is 10.6 Å². The highest BCUT2D eigenvalue weighted by molar-refractivity contribution is 7.99. The summed E-state index contributed by atoms with van der Waals surface area (Å²) in [6, 6.07) is 7.71. The van der Waals surface area contributed by atoms with Gasteiger partial charge in [0.05, 0.1) is 7.11 Å². The van der Waals surface area contributed by atoms with Crippen molar-refractivity contribution in [2.24, 2.45) is 5.73 Å². The Morgan fingerprint density at radius 3 is 2.86 bits per heavy atom. The standard InChI is InChI=1S/C10H13NO2S/c1-13-8-4-2-3-5-9(8)14-7-6-10(11)12/h2-5H,6-7H2,1H3,(H2,11,12). The first-order chi connectivity index (χ1) is 6.74. The van der Waals surface area contributed by atoms with Crippen molar-refractivity contribution in [2.45, 2.75) is 11.3 Å². The molecule has 0 aliphatic rings. The molecule has 3 nitrogen and oxygen atoms in total. The summed E-state index contributed by atoms with van der Waals surface area (Å²) in [5.41, 5.74) is 5.04. The van der Waals surface area contributed by atoms with Crippen LogP contribution in [-0.4, -0.2) is 18.8 Å². The Morgan fingerprint density at radius 1 is 1.50 bits per heavy atom. The van der Waals surface area contributed by atoms with Crippen molar-refractivity contribution >= 4 is 17.7 Å². The highest BCUT2D eigenvalue weighted by atomic mass is 32.2. The van der Waals surface area contributed by atoms with E-state index in [0.29, 0.717) is 12.2 Å². The lowest BCUT2D eigenvalue weighted by atomic mass is 10.3. The van der Waals surface area contributed by atoms with Gasteiger partial charge in [-0.1, -0.05) is 12.1 Å². The van der Waals surface area contributed by atoms with Gasteiger partial charge >= 0.3 is 0 Å². The molecule has 0 aromatic heterocycles. The molecule has 1 aromatic rings. The summed E-state index contributed by atoms with van der Waals surface area (Å²) >= 11 is 1.57. The number of benzene rings is 1. The summed E-state index contributed by atoms with van der Waals surface area (Å²) in [5.74, 6) is 1.25. The van der Waals surface area contributed by atoms with E-state index in [-0.39, 0.29) is 5.91 Å². The highest BCUT2D eigenvalue weighted by Gasteiger charge is 2.02. The van der Waals surface area contributed by atoms with Crippen molar-refractivity contribution in [3.05, 3.63) is 24.3 Å². The van der Waals surface area contributed by atoms with Gasteiger partial charge in [-0.25, -0.2) is 0 Å². The molecule has 76 valence electrons. The number of nitrogens with two attached hydrogens (primary N) is 1. The largest absolute Gasteiger partial charge is 0.496 e. The fourth-order valence-electron chi connectivity index (χ4n) is 1.000. The van der Waals surface area contributed by atoms with Gasteiger partial charge < -0.3 is 10.5 Å². The molecule has 0 radical (unpaired) electrons. The predicted octanol–water partition coefficient (Wildman–Crippen LogP) is 1.66. The molecule has 0 aliphatic carbocycles. The van der Waals surface area contributed by atoms with Crippen LogP contribution in [0.5, 0.6) is 5.75 Å². The summed E-state index contributed by atoms with van der Waals surface area (Å²) in [4.78, 5) is 11.6. The Kier molecular flexibility index (Phi) is 4.32. The lowest BCUT2D eigenvalue weighted by molar-refractivity contribution is -0.117. The molecule has 0 bridgehead atoms. The molecule has 0 spiro atoms. The predicted molar refractivity (Wildman–Crippen MR) is 57.5 cm³/mol. The molecule has 4 heteroatoms. The highest BCUT2D eigenvalue weighted by Crippen LogP contribution is 2.28. The van der Waals surface area contributed by atoms with Crippen LogP contribution in [0.2, 0.25) is 0 Å². The minimum Gasteiger partial charge on any atom is -0.496 e. The molecule has 0 saturated carbocycles. The van der Waals surface area contributed by atoms with Crippen molar-refractivity contribution in [3.8, 4) is 5.75 Å². The van der Waals surface area contributed by atoms with Crippen molar-refractivity contribution in [1.82, 2.24) is 0 Å². The zero-order valence-corrected chi connectivity index (χ0v) is 8.84. The Labute approximate surface area is 87.6 Å². The smallest absolute Gasteiger partial charge is 0.218 e. The SMILES string of the molecule is COc1ccccc1SCCC(N)=O. The Morgan fingerprint density at radius 2 is 2.21 bits per heavy atom. The van der Waals surface area contributed by atoms with Gasteiger partial charge in [0, 0.05) is 17.1 Å². The molecule has 2 N–H and O–H groups in total. The molecule has 0 heterocycles. The van der Waals surface area contributed by atoms with Gasteiger partial charge in [0.25, 0.3) is 0 Å². The number of carbonyl (C=O) groups is 1. The van der Waals surface area contributed by atoms with E-state index < -0.39 is 0 Å². The van der Waals surface area contributed by atoms with Gasteiger partial charge in [-0.15, -0.1) is 11.8 Å². The van der Waals surface area contributed by atoms with Crippen molar-refractivity contribution in [2.75, 3.05) is 12.9 Å². The normalized spacial score (nSPS) is 9.79. The van der Waals surface area contributed by atoms with Gasteiger partial charge in [0.2, 0.25) is 5.91 Å². The third kappa shape index (κ3) is 3.30. The number of rotatable bonds is 5. The van der Waals surface area contributed by atoms with Crippen LogP contribution in [0.25, 0.3) is 0 Å². The van der Waals surface area contributed by atoms with Crippen LogP contribution < -0.4 is 10.5 Å². The van der Waals surface area contributed by atoms with E-state index in [1.165, 1.54) is 0 Å². The number of carbonyl (C=O) groups excluding carboxylic acids is 1. The fourth-order valence-corrected chi connectivity index (χ4v) is 1.99. The molecule has 1 rings (SSSR count). The first-order valence-corrected chi connectivity index (χ1v) is 5.26. The number of thioether (sulfide) groups is 1. The maximum atomic E-state index is 10.5. The Balaban J connectivity index is 2.53. The van der Waals surface area contributed by atoms with Crippen LogP contribution >= 0.6 is 11.8 Å². The average molecular weight is 211 g/mol. The van der Waals surface area contributed by atoms with Crippen molar-refractivity contribution in [3.63, 3.8) is 0 Å². The molecule has 1 amide bonds. The Bertz CT molecular complexity index is 315. The second-order valence-electron chi connectivity index (χ2n) is 2.72. The number of primary amides is 1. The minimum absolute atomic E-state index is 0.271. The fraction of sp³-hybridized carbons (Fsp3) is 0.300. The van der Waals surface area contributed by atoms with E-state index in [9.17, 15) is 4.79 Å². The zero-order chi connectivity index (χ0) is 10.4. The third-order valence-corrected chi connectivity index (χ3v) is 2.73. The number of hydrogen-bond acceptors (Lipinski definition) is 3. The molecule has 14 heavy (non-hydrogen) atoms. The molecule has 0 unspecified atom stereocenters. The first-order valence-electron chi connectivity index (χ1n) is 4.28. The number of amides is 1. The average Bonchev–Trinajstić information content (AvgIpc) is 2.18. The summed E-state index contributed by atoms with van der Waals surface area (Å²) in [7, 11) is 1.63. The van der Waals surface area contributed by atoms with Gasteiger partial charge in [-0.2, -0.15) is 0 Å². The van der Waals surface area contributed by atoms with Crippen LogP contribution in [0.4, 0.5) is 0 Å². The Hall–Kier alpha value is -1.16. The monoisotopic (exact) mass is 211 g/mol. The first kappa shape index (κ1) is 10.9. The number of hydrogen-bond donors (Lipinski definition) is 1. The summed E-state index contributed by atoms with van der Waals surface area (Å²) in [5, 5.41) is 0. The molecule has 0 aliphatic heterocycles. The summed E-state index contributed by atoms with van der Waals surface area (Å²) < 4.78 is 5.17. The molecule has 0 fully saturated rings. The van der Waals surface area contributed by atoms with E-state index >= 15 is 0 Å². The topological polar surface area (TPSA) is 52.3 Å². The van der Waals surface area contributed by atoms with E-state index in [1.807, 2.05) is 24.3 Å². The van der Waals surface area contributed by atoms with Gasteiger partial charge in [0.15, 0.2) is 0 Å². The second-order valence-corrected chi connectivity index (χ2v) is 3.85. The number of para-hydroxylation sites is 1. The van der Waals surface area contributed by atoms with Crippen LogP contribution in [0, 0.1) is 0 Å². The number of methoxy groups -OCH3 is 1. The van der Waals surface area contributed by atoms with Gasteiger partial charge in [-0.05, 0) is 12.1 Å². The summed E-state index contributed by atoms with van der Waals surface area (Å²) in [6.45, 7) is 0. The summed E-state index contributed by atoms with van der Waals surface area (Å²) in [6.07, 6.45) is 0.392. The lowest BCUT2D eigenvalue weighted by Gasteiger charge is -2.06. The van der Waals surface area contributed by atoms with E-state index in [1.54, 1.807) is 18.9 Å². The third-order valence-electron chi connectivity index (χ3n) is 1.68. The quantitative estimate of drug-likeness (QED) is 0.754. The number of ether oxygens (including phenoxy) is 1.